The van der Waals surface area contributed by atoms with Crippen molar-refractivity contribution in [3.8, 4) is 28.9 Å². The summed E-state index contributed by atoms with van der Waals surface area (Å²) in [6.45, 7) is 2.81. The van der Waals surface area contributed by atoms with Gasteiger partial charge in [0.25, 0.3) is 0 Å². The zero-order valence-corrected chi connectivity index (χ0v) is 17.4. The largest absolute Gasteiger partial charge is 0.497 e. The number of ether oxygens (including phenoxy) is 2. The van der Waals surface area contributed by atoms with E-state index >= 15 is 0 Å². The predicted octanol–water partition coefficient (Wildman–Crippen LogP) is 5.53. The second-order valence-corrected chi connectivity index (χ2v) is 6.95. The first-order valence-corrected chi connectivity index (χ1v) is 10.1. The van der Waals surface area contributed by atoms with Gasteiger partial charge in [-0.15, -0.1) is 0 Å². The van der Waals surface area contributed by atoms with Crippen LogP contribution in [0.3, 0.4) is 0 Å². The van der Waals surface area contributed by atoms with Gasteiger partial charge in [-0.25, -0.2) is 4.98 Å². The van der Waals surface area contributed by atoms with Crippen molar-refractivity contribution in [1.82, 2.24) is 9.97 Å². The average Bonchev–Trinajstić information content (AvgIpc) is 3.18. The summed E-state index contributed by atoms with van der Waals surface area (Å²) in [5, 5.41) is 11.1. The van der Waals surface area contributed by atoms with Crippen LogP contribution in [0.1, 0.15) is 25.5 Å². The normalized spacial score (nSPS) is 11.3. The second-order valence-electron chi connectivity index (χ2n) is 6.95. The Balaban J connectivity index is 1.50. The maximum atomic E-state index is 10.1. The number of methoxy groups -OCH3 is 1. The Morgan fingerprint density at radius 2 is 1.90 bits per heavy atom. The standard InChI is InChI=1S/C24H23N3O4/c1-3-4-11-30-19-8-5-16(6-9-19)23-27-22(24(28)31-23)15-25-18-12-17-7-10-20(29-2)13-21(17)26-14-18/h5-10,12-15,28H,3-4,11H2,1-2H3. The summed E-state index contributed by atoms with van der Waals surface area (Å²) in [4.78, 5) is 13.1. The molecule has 0 saturated heterocycles. The van der Waals surface area contributed by atoms with Gasteiger partial charge in [-0.1, -0.05) is 13.3 Å². The number of oxazole rings is 1. The first-order valence-electron chi connectivity index (χ1n) is 10.1. The van der Waals surface area contributed by atoms with Gasteiger partial charge < -0.3 is 19.0 Å². The van der Waals surface area contributed by atoms with Crippen molar-refractivity contribution in [1.29, 1.82) is 0 Å². The first-order chi connectivity index (χ1) is 15.2. The molecule has 158 valence electrons. The fourth-order valence-corrected chi connectivity index (χ4v) is 2.98. The highest BCUT2D eigenvalue weighted by atomic mass is 16.5. The molecule has 0 atom stereocenters. The lowest BCUT2D eigenvalue weighted by Gasteiger charge is -2.05. The number of hydrogen-bond donors (Lipinski definition) is 1. The highest BCUT2D eigenvalue weighted by molar-refractivity contribution is 5.86. The van der Waals surface area contributed by atoms with Crippen molar-refractivity contribution < 1.29 is 19.0 Å². The lowest BCUT2D eigenvalue weighted by Crippen LogP contribution is -1.95. The SMILES string of the molecule is CCCCOc1ccc(-c2nc(C=Nc3cnc4cc(OC)ccc4c3)c(O)o2)cc1. The molecule has 4 rings (SSSR count). The number of nitrogens with zero attached hydrogens (tertiary/aromatic N) is 3. The molecule has 2 aromatic carbocycles. The maximum Gasteiger partial charge on any atom is 0.312 e. The molecule has 0 radical (unpaired) electrons. The van der Waals surface area contributed by atoms with Crippen LogP contribution in [-0.4, -0.2) is 35.0 Å². The average molecular weight is 417 g/mol. The monoisotopic (exact) mass is 417 g/mol. The highest BCUT2D eigenvalue weighted by Gasteiger charge is 2.12. The third kappa shape index (κ3) is 4.83. The quantitative estimate of drug-likeness (QED) is 0.299. The number of hydrogen-bond acceptors (Lipinski definition) is 7. The van der Waals surface area contributed by atoms with E-state index in [4.69, 9.17) is 13.9 Å². The molecule has 0 unspecified atom stereocenters. The van der Waals surface area contributed by atoms with Gasteiger partial charge in [0.1, 0.15) is 11.5 Å². The molecule has 2 aromatic heterocycles. The lowest BCUT2D eigenvalue weighted by molar-refractivity contribution is 0.309. The molecule has 0 aliphatic rings. The smallest absolute Gasteiger partial charge is 0.312 e. The Kier molecular flexibility index (Phi) is 6.12. The van der Waals surface area contributed by atoms with E-state index in [1.165, 1.54) is 6.21 Å². The topological polar surface area (TPSA) is 90.0 Å². The summed E-state index contributed by atoms with van der Waals surface area (Å²) < 4.78 is 16.3. The molecule has 0 fully saturated rings. The number of aromatic nitrogens is 2. The van der Waals surface area contributed by atoms with Gasteiger partial charge >= 0.3 is 5.95 Å². The molecule has 7 nitrogen and oxygen atoms in total. The van der Waals surface area contributed by atoms with Crippen LogP contribution in [-0.2, 0) is 0 Å². The Labute approximate surface area is 180 Å². The molecular weight excluding hydrogens is 394 g/mol. The molecule has 31 heavy (non-hydrogen) atoms. The van der Waals surface area contributed by atoms with Crippen LogP contribution in [0, 0.1) is 0 Å². The van der Waals surface area contributed by atoms with Crippen LogP contribution in [0.4, 0.5) is 5.69 Å². The van der Waals surface area contributed by atoms with Crippen molar-refractivity contribution in [3.63, 3.8) is 0 Å². The number of fused-ring (bicyclic) bond motifs is 1. The molecule has 0 saturated carbocycles. The third-order valence-electron chi connectivity index (χ3n) is 4.72. The highest BCUT2D eigenvalue weighted by Crippen LogP contribution is 2.28. The third-order valence-corrected chi connectivity index (χ3v) is 4.72. The number of rotatable bonds is 8. The molecule has 0 spiro atoms. The van der Waals surface area contributed by atoms with Crippen molar-refractivity contribution in [2.45, 2.75) is 19.8 Å². The summed E-state index contributed by atoms with van der Waals surface area (Å²) in [6.07, 6.45) is 5.20. The van der Waals surface area contributed by atoms with Gasteiger partial charge in [-0.05, 0) is 48.9 Å². The number of benzene rings is 2. The molecule has 0 bridgehead atoms. The van der Waals surface area contributed by atoms with Gasteiger partial charge in [0.05, 0.1) is 37.3 Å². The number of aliphatic imine (C=N–C) groups is 1. The first kappa shape index (κ1) is 20.4. The Morgan fingerprint density at radius 3 is 2.68 bits per heavy atom. The van der Waals surface area contributed by atoms with Crippen LogP contribution in [0.2, 0.25) is 0 Å². The van der Waals surface area contributed by atoms with E-state index in [1.54, 1.807) is 13.3 Å². The van der Waals surface area contributed by atoms with Crippen molar-refractivity contribution in [3.05, 3.63) is 60.4 Å². The van der Waals surface area contributed by atoms with E-state index in [-0.39, 0.29) is 11.6 Å². The van der Waals surface area contributed by atoms with Crippen molar-refractivity contribution in [2.75, 3.05) is 13.7 Å². The van der Waals surface area contributed by atoms with Gasteiger partial charge in [-0.2, -0.15) is 0 Å². The molecule has 0 amide bonds. The molecule has 4 aromatic rings. The summed E-state index contributed by atoms with van der Waals surface area (Å²) in [7, 11) is 1.62. The van der Waals surface area contributed by atoms with Gasteiger partial charge in [0.2, 0.25) is 5.89 Å². The van der Waals surface area contributed by atoms with E-state index in [0.717, 1.165) is 40.8 Å². The molecule has 1 N–H and O–H groups in total. The molecule has 7 heteroatoms. The van der Waals surface area contributed by atoms with Crippen LogP contribution in [0.5, 0.6) is 17.4 Å². The minimum absolute atomic E-state index is 0.244. The molecule has 0 aliphatic heterocycles. The van der Waals surface area contributed by atoms with E-state index in [1.807, 2.05) is 48.5 Å². The van der Waals surface area contributed by atoms with E-state index in [9.17, 15) is 5.11 Å². The van der Waals surface area contributed by atoms with Gasteiger partial charge in [0, 0.05) is 17.0 Å². The van der Waals surface area contributed by atoms with Crippen molar-refractivity contribution in [2.24, 2.45) is 4.99 Å². The second kappa shape index (κ2) is 9.30. The number of pyridine rings is 1. The zero-order valence-electron chi connectivity index (χ0n) is 17.4. The minimum Gasteiger partial charge on any atom is -0.497 e. The fraction of sp³-hybridized carbons (Fsp3) is 0.208. The Bertz CT molecular complexity index is 1200. The Hall–Kier alpha value is -3.87. The van der Waals surface area contributed by atoms with Crippen LogP contribution >= 0.6 is 0 Å². The number of unbranched alkanes of at least 4 members (excludes halogenated alkanes) is 1. The van der Waals surface area contributed by atoms with Crippen LogP contribution in [0.15, 0.2) is 64.1 Å². The summed E-state index contributed by atoms with van der Waals surface area (Å²) >= 11 is 0. The van der Waals surface area contributed by atoms with Gasteiger partial charge in [-0.3, -0.25) is 9.98 Å². The van der Waals surface area contributed by atoms with Crippen molar-refractivity contribution >= 4 is 22.8 Å². The summed E-state index contributed by atoms with van der Waals surface area (Å²) in [5.74, 6) is 1.55. The minimum atomic E-state index is -0.291. The molecule has 0 aliphatic carbocycles. The lowest BCUT2D eigenvalue weighted by atomic mass is 10.2. The fourth-order valence-electron chi connectivity index (χ4n) is 2.98. The predicted molar refractivity (Wildman–Crippen MR) is 120 cm³/mol. The van der Waals surface area contributed by atoms with Crippen LogP contribution < -0.4 is 9.47 Å². The van der Waals surface area contributed by atoms with E-state index in [0.29, 0.717) is 18.2 Å². The molecular formula is C24H23N3O4. The summed E-state index contributed by atoms with van der Waals surface area (Å²) in [6, 6.07) is 14.9. The van der Waals surface area contributed by atoms with E-state index in [2.05, 4.69) is 21.9 Å². The zero-order chi connectivity index (χ0) is 21.6. The van der Waals surface area contributed by atoms with Gasteiger partial charge in [0.15, 0.2) is 5.69 Å². The maximum absolute atomic E-state index is 10.1. The molecule has 2 heterocycles. The Morgan fingerprint density at radius 1 is 1.10 bits per heavy atom. The van der Waals surface area contributed by atoms with Crippen LogP contribution in [0.25, 0.3) is 22.4 Å². The summed E-state index contributed by atoms with van der Waals surface area (Å²) in [5.41, 5.74) is 2.43. The number of aromatic hydroxyl groups is 1. The van der Waals surface area contributed by atoms with E-state index < -0.39 is 0 Å².